The van der Waals surface area contributed by atoms with E-state index in [9.17, 15) is 0 Å². The zero-order chi connectivity index (χ0) is 15.5. The third-order valence-corrected chi connectivity index (χ3v) is 4.00. The maximum Gasteiger partial charge on any atom is 0.230 e. The van der Waals surface area contributed by atoms with E-state index in [1.54, 1.807) is 6.20 Å². The quantitative estimate of drug-likeness (QED) is 0.942. The van der Waals surface area contributed by atoms with Gasteiger partial charge in [0.2, 0.25) is 5.88 Å². The van der Waals surface area contributed by atoms with Crippen molar-refractivity contribution < 1.29 is 4.74 Å². The van der Waals surface area contributed by atoms with Gasteiger partial charge in [-0.1, -0.05) is 12.1 Å². The molecule has 0 unspecified atom stereocenters. The Morgan fingerprint density at radius 3 is 2.68 bits per heavy atom. The van der Waals surface area contributed by atoms with E-state index in [1.165, 1.54) is 5.56 Å². The summed E-state index contributed by atoms with van der Waals surface area (Å²) in [7, 11) is 0. The number of benzene rings is 1. The standard InChI is InChI=1S/C18H21N3O/c1-12-7-8-13(2)16(14(12)3)22-18-15(6-4-9-21-18)17-19-10-5-11-20-17/h4,6-9H,5,10-11H2,1-3H3,(H,19,20). The van der Waals surface area contributed by atoms with Crippen LogP contribution in [0, 0.1) is 20.8 Å². The highest BCUT2D eigenvalue weighted by atomic mass is 16.5. The van der Waals surface area contributed by atoms with Crippen LogP contribution in [0.15, 0.2) is 35.5 Å². The lowest BCUT2D eigenvalue weighted by atomic mass is 10.1. The van der Waals surface area contributed by atoms with E-state index in [0.717, 1.165) is 47.8 Å². The molecule has 4 heteroatoms. The molecule has 0 saturated carbocycles. The van der Waals surface area contributed by atoms with Gasteiger partial charge in [-0.3, -0.25) is 4.99 Å². The van der Waals surface area contributed by atoms with Crippen molar-refractivity contribution in [3.8, 4) is 11.6 Å². The average Bonchev–Trinajstić information content (AvgIpc) is 2.56. The fourth-order valence-corrected chi connectivity index (χ4v) is 2.54. The van der Waals surface area contributed by atoms with Gasteiger partial charge in [0.15, 0.2) is 0 Å². The number of nitrogens with one attached hydrogen (secondary N) is 1. The van der Waals surface area contributed by atoms with Crippen LogP contribution in [0.3, 0.4) is 0 Å². The van der Waals surface area contributed by atoms with E-state index in [4.69, 9.17) is 4.74 Å². The van der Waals surface area contributed by atoms with Gasteiger partial charge in [0.05, 0.1) is 5.56 Å². The van der Waals surface area contributed by atoms with E-state index >= 15 is 0 Å². The monoisotopic (exact) mass is 295 g/mol. The molecule has 1 aromatic heterocycles. The lowest BCUT2D eigenvalue weighted by Crippen LogP contribution is -2.30. The molecule has 0 aliphatic carbocycles. The molecule has 0 bridgehead atoms. The third kappa shape index (κ3) is 2.82. The van der Waals surface area contributed by atoms with E-state index in [-0.39, 0.29) is 0 Å². The number of pyridine rings is 1. The van der Waals surface area contributed by atoms with E-state index in [0.29, 0.717) is 5.88 Å². The van der Waals surface area contributed by atoms with Gasteiger partial charge in [0, 0.05) is 19.3 Å². The summed E-state index contributed by atoms with van der Waals surface area (Å²) in [5.74, 6) is 2.36. The van der Waals surface area contributed by atoms with Crippen LogP contribution in [0.25, 0.3) is 0 Å². The van der Waals surface area contributed by atoms with Crippen LogP contribution in [-0.4, -0.2) is 23.9 Å². The van der Waals surface area contributed by atoms with Gasteiger partial charge >= 0.3 is 0 Å². The smallest absolute Gasteiger partial charge is 0.230 e. The Hall–Kier alpha value is -2.36. The van der Waals surface area contributed by atoms with Crippen molar-refractivity contribution in [3.05, 3.63) is 52.7 Å². The summed E-state index contributed by atoms with van der Waals surface area (Å²) < 4.78 is 6.17. The molecule has 1 N–H and O–H groups in total. The van der Waals surface area contributed by atoms with Gasteiger partial charge < -0.3 is 10.1 Å². The van der Waals surface area contributed by atoms with Crippen molar-refractivity contribution in [1.29, 1.82) is 0 Å². The normalized spacial score (nSPS) is 14.2. The number of hydrogen-bond acceptors (Lipinski definition) is 4. The van der Waals surface area contributed by atoms with Crippen molar-refractivity contribution in [1.82, 2.24) is 10.3 Å². The number of ether oxygens (including phenoxy) is 1. The van der Waals surface area contributed by atoms with Crippen LogP contribution in [-0.2, 0) is 0 Å². The minimum Gasteiger partial charge on any atom is -0.438 e. The summed E-state index contributed by atoms with van der Waals surface area (Å²) in [6.07, 6.45) is 2.82. The molecule has 1 aliphatic heterocycles. The van der Waals surface area contributed by atoms with E-state index < -0.39 is 0 Å². The Kier molecular flexibility index (Phi) is 4.09. The molecular formula is C18H21N3O. The fraction of sp³-hybridized carbons (Fsp3) is 0.333. The van der Waals surface area contributed by atoms with Crippen LogP contribution in [0.2, 0.25) is 0 Å². The zero-order valence-electron chi connectivity index (χ0n) is 13.3. The van der Waals surface area contributed by atoms with Crippen LogP contribution in [0.1, 0.15) is 28.7 Å². The first-order valence-corrected chi connectivity index (χ1v) is 7.65. The first-order chi connectivity index (χ1) is 10.7. The predicted molar refractivity (Wildman–Crippen MR) is 89.0 cm³/mol. The summed E-state index contributed by atoms with van der Waals surface area (Å²) >= 11 is 0. The Morgan fingerprint density at radius 1 is 1.09 bits per heavy atom. The second-order valence-corrected chi connectivity index (χ2v) is 5.62. The van der Waals surface area contributed by atoms with Crippen LogP contribution in [0.5, 0.6) is 11.6 Å². The molecule has 0 spiro atoms. The molecule has 0 amide bonds. The van der Waals surface area contributed by atoms with Crippen molar-refractivity contribution in [2.75, 3.05) is 13.1 Å². The first kappa shape index (κ1) is 14.6. The van der Waals surface area contributed by atoms with Crippen LogP contribution < -0.4 is 10.1 Å². The molecule has 22 heavy (non-hydrogen) atoms. The Morgan fingerprint density at radius 2 is 1.91 bits per heavy atom. The van der Waals surface area contributed by atoms with Crippen LogP contribution >= 0.6 is 0 Å². The van der Waals surface area contributed by atoms with Gasteiger partial charge in [0.25, 0.3) is 0 Å². The number of rotatable bonds is 3. The average molecular weight is 295 g/mol. The largest absolute Gasteiger partial charge is 0.438 e. The number of amidine groups is 1. The number of nitrogens with zero attached hydrogens (tertiary/aromatic N) is 2. The first-order valence-electron chi connectivity index (χ1n) is 7.65. The van der Waals surface area contributed by atoms with Gasteiger partial charge in [-0.05, 0) is 56.0 Å². The molecule has 3 rings (SSSR count). The van der Waals surface area contributed by atoms with E-state index in [2.05, 4.69) is 48.2 Å². The van der Waals surface area contributed by atoms with Crippen LogP contribution in [0.4, 0.5) is 0 Å². The number of aromatic nitrogens is 1. The lowest BCUT2D eigenvalue weighted by Gasteiger charge is -2.18. The Bertz CT molecular complexity index is 722. The third-order valence-electron chi connectivity index (χ3n) is 4.00. The topological polar surface area (TPSA) is 46.5 Å². The maximum atomic E-state index is 6.17. The van der Waals surface area contributed by atoms with Gasteiger partial charge in [0.1, 0.15) is 11.6 Å². The summed E-state index contributed by atoms with van der Waals surface area (Å²) in [6, 6.07) is 8.11. The summed E-state index contributed by atoms with van der Waals surface area (Å²) in [5, 5.41) is 3.33. The predicted octanol–water partition coefficient (Wildman–Crippen LogP) is 3.54. The Balaban J connectivity index is 2.00. The fourth-order valence-electron chi connectivity index (χ4n) is 2.54. The molecule has 0 saturated heterocycles. The molecule has 0 fully saturated rings. The maximum absolute atomic E-state index is 6.17. The molecular weight excluding hydrogens is 274 g/mol. The molecule has 0 radical (unpaired) electrons. The summed E-state index contributed by atoms with van der Waals surface area (Å²) in [6.45, 7) is 8.01. The second kappa shape index (κ2) is 6.18. The van der Waals surface area contributed by atoms with Crippen molar-refractivity contribution >= 4 is 5.84 Å². The van der Waals surface area contributed by atoms with Crippen molar-refractivity contribution in [2.45, 2.75) is 27.2 Å². The van der Waals surface area contributed by atoms with Crippen molar-refractivity contribution in [3.63, 3.8) is 0 Å². The lowest BCUT2D eigenvalue weighted by molar-refractivity contribution is 0.454. The minimum absolute atomic E-state index is 0.604. The summed E-state index contributed by atoms with van der Waals surface area (Å²) in [5.41, 5.74) is 4.39. The molecule has 1 aliphatic rings. The highest BCUT2D eigenvalue weighted by molar-refractivity contribution is 6.01. The SMILES string of the molecule is Cc1ccc(C)c(Oc2ncccc2C2=NCCCN2)c1C. The second-order valence-electron chi connectivity index (χ2n) is 5.62. The van der Waals surface area contributed by atoms with Gasteiger partial charge in [-0.25, -0.2) is 4.98 Å². The molecule has 0 atom stereocenters. The molecule has 2 aromatic rings. The number of hydrogen-bond donors (Lipinski definition) is 1. The highest BCUT2D eigenvalue weighted by Gasteiger charge is 2.16. The van der Waals surface area contributed by atoms with Crippen molar-refractivity contribution in [2.24, 2.45) is 4.99 Å². The van der Waals surface area contributed by atoms with Gasteiger partial charge in [-0.15, -0.1) is 0 Å². The molecule has 114 valence electrons. The number of aliphatic imine (C=N–C) groups is 1. The highest BCUT2D eigenvalue weighted by Crippen LogP contribution is 2.31. The van der Waals surface area contributed by atoms with E-state index in [1.807, 2.05) is 12.1 Å². The summed E-state index contributed by atoms with van der Waals surface area (Å²) in [4.78, 5) is 8.97. The molecule has 2 heterocycles. The zero-order valence-corrected chi connectivity index (χ0v) is 13.3. The minimum atomic E-state index is 0.604. The van der Waals surface area contributed by atoms with Gasteiger partial charge in [-0.2, -0.15) is 0 Å². The number of aryl methyl sites for hydroxylation is 2. The molecule has 1 aromatic carbocycles. The molecule has 4 nitrogen and oxygen atoms in total. The Labute approximate surface area is 131 Å².